The molecule has 0 amide bonds. The van der Waals surface area contributed by atoms with Crippen LogP contribution in [0.15, 0.2) is 77.7 Å². The van der Waals surface area contributed by atoms with Gasteiger partial charge in [-0.2, -0.15) is 13.2 Å². The minimum absolute atomic E-state index is 0.177. The van der Waals surface area contributed by atoms with Crippen LogP contribution in [-0.2, 0) is 16.2 Å². The second-order valence-electron chi connectivity index (χ2n) is 6.37. The predicted molar refractivity (Wildman–Crippen MR) is 110 cm³/mol. The molecule has 0 radical (unpaired) electrons. The molecule has 0 saturated heterocycles. The fraction of sp³-hybridized carbons (Fsp3) is 0.0952. The number of sulfonamides is 1. The van der Waals surface area contributed by atoms with Crippen LogP contribution >= 0.6 is 11.6 Å². The van der Waals surface area contributed by atoms with E-state index in [0.717, 1.165) is 12.1 Å². The summed E-state index contributed by atoms with van der Waals surface area (Å²) in [5, 5.41) is 0.506. The van der Waals surface area contributed by atoms with Gasteiger partial charge >= 0.3 is 6.18 Å². The van der Waals surface area contributed by atoms with Gasteiger partial charge in [-0.3, -0.25) is 9.52 Å². The highest BCUT2D eigenvalue weighted by molar-refractivity contribution is 7.92. The normalized spacial score (nSPS) is 11.7. The molecule has 3 rings (SSSR count). The summed E-state index contributed by atoms with van der Waals surface area (Å²) in [7, 11) is -4.08. The lowest BCUT2D eigenvalue weighted by Crippen LogP contribution is -2.14. The van der Waals surface area contributed by atoms with E-state index in [2.05, 4.69) is 4.72 Å². The molecule has 0 aliphatic heterocycles. The lowest BCUT2D eigenvalue weighted by molar-refractivity contribution is -0.137. The molecule has 0 aliphatic rings. The van der Waals surface area contributed by atoms with Crippen molar-refractivity contribution in [3.63, 3.8) is 0 Å². The maximum atomic E-state index is 12.6. The number of hydrogen-bond acceptors (Lipinski definition) is 4. The summed E-state index contributed by atoms with van der Waals surface area (Å²) in [6.45, 7) is -0.224. The Morgan fingerprint density at radius 1 is 0.903 bits per heavy atom. The number of halogens is 4. The van der Waals surface area contributed by atoms with E-state index in [-0.39, 0.29) is 23.0 Å². The third kappa shape index (κ3) is 5.99. The number of anilines is 1. The standard InChI is InChI=1S/C21H15ClF3NO4S/c22-16-5-1-14(2-6-16)20(27)13-30-18-9-7-17(8-10-18)26-31(28,29)19-11-3-15(4-12-19)21(23,24)25/h1-12,26H,13H2. The van der Waals surface area contributed by atoms with Gasteiger partial charge < -0.3 is 4.74 Å². The highest BCUT2D eigenvalue weighted by Gasteiger charge is 2.30. The van der Waals surface area contributed by atoms with Crippen LogP contribution in [-0.4, -0.2) is 20.8 Å². The molecule has 3 aromatic rings. The van der Waals surface area contributed by atoms with Gasteiger partial charge in [0.05, 0.1) is 10.5 Å². The zero-order valence-corrected chi connectivity index (χ0v) is 17.3. The van der Waals surface area contributed by atoms with Gasteiger partial charge in [0.2, 0.25) is 0 Å². The molecule has 0 atom stereocenters. The Balaban J connectivity index is 1.62. The molecule has 31 heavy (non-hydrogen) atoms. The number of Topliss-reactive ketones (excluding diaryl/α,β-unsaturated/α-hetero) is 1. The molecule has 0 saturated carbocycles. The van der Waals surface area contributed by atoms with E-state index in [4.69, 9.17) is 16.3 Å². The Morgan fingerprint density at radius 3 is 2.03 bits per heavy atom. The monoisotopic (exact) mass is 469 g/mol. The highest BCUT2D eigenvalue weighted by Crippen LogP contribution is 2.30. The maximum Gasteiger partial charge on any atom is 0.416 e. The van der Waals surface area contributed by atoms with Crippen molar-refractivity contribution in [2.45, 2.75) is 11.1 Å². The zero-order chi connectivity index (χ0) is 22.6. The van der Waals surface area contributed by atoms with Crippen LogP contribution < -0.4 is 9.46 Å². The van der Waals surface area contributed by atoms with Crippen LogP contribution in [0.3, 0.4) is 0 Å². The van der Waals surface area contributed by atoms with Gasteiger partial charge in [-0.15, -0.1) is 0 Å². The summed E-state index contributed by atoms with van der Waals surface area (Å²) in [4.78, 5) is 11.8. The number of carbonyl (C=O) groups is 1. The van der Waals surface area contributed by atoms with Gasteiger partial charge in [0.1, 0.15) is 5.75 Å². The summed E-state index contributed by atoms with van der Waals surface area (Å²) in [5.41, 5.74) is -0.331. The number of hydrogen-bond donors (Lipinski definition) is 1. The first kappa shape index (κ1) is 22.6. The third-order valence-electron chi connectivity index (χ3n) is 4.13. The molecule has 1 N–H and O–H groups in total. The quantitative estimate of drug-likeness (QED) is 0.469. The molecule has 0 unspecified atom stereocenters. The van der Waals surface area contributed by atoms with Crippen LogP contribution in [0.1, 0.15) is 15.9 Å². The zero-order valence-electron chi connectivity index (χ0n) is 15.7. The number of alkyl halides is 3. The van der Waals surface area contributed by atoms with Crippen molar-refractivity contribution in [3.05, 3.63) is 88.9 Å². The number of nitrogens with one attached hydrogen (secondary N) is 1. The van der Waals surface area contributed by atoms with Gasteiger partial charge in [0.15, 0.2) is 12.4 Å². The third-order valence-corrected chi connectivity index (χ3v) is 5.78. The lowest BCUT2D eigenvalue weighted by Gasteiger charge is -2.11. The van der Waals surface area contributed by atoms with Gasteiger partial charge in [-0.05, 0) is 72.8 Å². The lowest BCUT2D eigenvalue weighted by atomic mass is 10.1. The van der Waals surface area contributed by atoms with Crippen LogP contribution in [0.4, 0.5) is 18.9 Å². The fourth-order valence-electron chi connectivity index (χ4n) is 2.52. The van der Waals surface area contributed by atoms with E-state index in [9.17, 15) is 26.4 Å². The topological polar surface area (TPSA) is 72.5 Å². The van der Waals surface area contributed by atoms with Crippen molar-refractivity contribution in [1.82, 2.24) is 0 Å². The average Bonchev–Trinajstić information content (AvgIpc) is 2.73. The number of ether oxygens (including phenoxy) is 1. The first-order valence-corrected chi connectivity index (χ1v) is 10.6. The first-order chi connectivity index (χ1) is 14.5. The van der Waals surface area contributed by atoms with Crippen molar-refractivity contribution in [2.75, 3.05) is 11.3 Å². The summed E-state index contributed by atoms with van der Waals surface area (Å²) in [6, 6.07) is 15.2. The molecule has 0 heterocycles. The number of ketones is 1. The molecular formula is C21H15ClF3NO4S. The van der Waals surface area contributed by atoms with Gasteiger partial charge in [-0.1, -0.05) is 11.6 Å². The number of benzene rings is 3. The molecule has 5 nitrogen and oxygen atoms in total. The van der Waals surface area contributed by atoms with Gasteiger partial charge in [-0.25, -0.2) is 8.42 Å². The molecule has 3 aromatic carbocycles. The largest absolute Gasteiger partial charge is 0.485 e. The molecule has 162 valence electrons. The SMILES string of the molecule is O=C(COc1ccc(NS(=O)(=O)c2ccc(C(F)(F)F)cc2)cc1)c1ccc(Cl)cc1. The molecule has 0 fully saturated rings. The van der Waals surface area contributed by atoms with Crippen molar-refractivity contribution in [3.8, 4) is 5.75 Å². The van der Waals surface area contributed by atoms with E-state index in [0.29, 0.717) is 28.5 Å². The Bertz CT molecular complexity index is 1160. The Labute approximate surface area is 181 Å². The second kappa shape index (κ2) is 8.99. The fourth-order valence-corrected chi connectivity index (χ4v) is 3.71. The molecular weight excluding hydrogens is 455 g/mol. The van der Waals surface area contributed by atoms with E-state index in [1.54, 1.807) is 24.3 Å². The second-order valence-corrected chi connectivity index (χ2v) is 8.49. The van der Waals surface area contributed by atoms with Gasteiger partial charge in [0, 0.05) is 16.3 Å². The van der Waals surface area contributed by atoms with Crippen molar-refractivity contribution in [2.24, 2.45) is 0 Å². The molecule has 0 aromatic heterocycles. The highest BCUT2D eigenvalue weighted by atomic mass is 35.5. The van der Waals surface area contributed by atoms with E-state index in [1.165, 1.54) is 24.3 Å². The predicted octanol–water partition coefficient (Wildman–Crippen LogP) is 5.42. The Kier molecular flexibility index (Phi) is 6.56. The molecule has 0 bridgehead atoms. The average molecular weight is 470 g/mol. The molecule has 10 heteroatoms. The Morgan fingerprint density at radius 2 is 1.48 bits per heavy atom. The van der Waals surface area contributed by atoms with Crippen LogP contribution in [0.25, 0.3) is 0 Å². The summed E-state index contributed by atoms with van der Waals surface area (Å²) >= 11 is 5.78. The van der Waals surface area contributed by atoms with Crippen molar-refractivity contribution in [1.29, 1.82) is 0 Å². The number of carbonyl (C=O) groups excluding carboxylic acids is 1. The van der Waals surface area contributed by atoms with E-state index in [1.807, 2.05) is 0 Å². The minimum Gasteiger partial charge on any atom is -0.485 e. The van der Waals surface area contributed by atoms with Crippen molar-refractivity contribution >= 4 is 33.1 Å². The molecule has 0 spiro atoms. The summed E-state index contributed by atoms with van der Waals surface area (Å²) in [5.74, 6) is 0.0727. The van der Waals surface area contributed by atoms with Crippen molar-refractivity contribution < 1.29 is 31.1 Å². The van der Waals surface area contributed by atoms with Crippen LogP contribution in [0.2, 0.25) is 5.02 Å². The first-order valence-electron chi connectivity index (χ1n) is 8.76. The van der Waals surface area contributed by atoms with Gasteiger partial charge in [0.25, 0.3) is 10.0 Å². The van der Waals surface area contributed by atoms with E-state index < -0.39 is 21.8 Å². The molecule has 0 aliphatic carbocycles. The summed E-state index contributed by atoms with van der Waals surface area (Å²) in [6.07, 6.45) is -4.56. The summed E-state index contributed by atoms with van der Waals surface area (Å²) < 4.78 is 70.3. The van der Waals surface area contributed by atoms with E-state index >= 15 is 0 Å². The van der Waals surface area contributed by atoms with Crippen LogP contribution in [0.5, 0.6) is 5.75 Å². The Hall–Kier alpha value is -3.04. The number of rotatable bonds is 7. The smallest absolute Gasteiger partial charge is 0.416 e. The minimum atomic E-state index is -4.56. The maximum absolute atomic E-state index is 12.6. The van der Waals surface area contributed by atoms with Crippen LogP contribution in [0, 0.1) is 0 Å².